The molecular formula is C22H34F2S. The van der Waals surface area contributed by atoms with Gasteiger partial charge in [-0.1, -0.05) is 82.2 Å². The lowest BCUT2D eigenvalue weighted by Gasteiger charge is -2.29. The van der Waals surface area contributed by atoms with E-state index in [1.165, 1.54) is 82.6 Å². The minimum Gasteiger partial charge on any atom is -0.198 e. The summed E-state index contributed by atoms with van der Waals surface area (Å²) in [6.45, 7) is 2.27. The second-order valence-corrected chi connectivity index (χ2v) is 8.64. The summed E-state index contributed by atoms with van der Waals surface area (Å²) in [5, 5.41) is 0. The molecule has 142 valence electrons. The molecule has 0 bridgehead atoms. The number of alkyl halides is 2. The summed E-state index contributed by atoms with van der Waals surface area (Å²) in [6.07, 6.45) is 16.4. The lowest BCUT2D eigenvalue weighted by Crippen LogP contribution is -2.13. The topological polar surface area (TPSA) is 0 Å². The number of halogens is 2. The Morgan fingerprint density at radius 2 is 1.48 bits per heavy atom. The normalized spacial score (nSPS) is 21.0. The lowest BCUT2D eigenvalue weighted by molar-refractivity contribution is 0.252. The fourth-order valence-electron chi connectivity index (χ4n) is 4.10. The van der Waals surface area contributed by atoms with E-state index in [1.54, 1.807) is 0 Å². The average Bonchev–Trinajstić information content (AvgIpc) is 2.62. The highest BCUT2D eigenvalue weighted by molar-refractivity contribution is 7.99. The van der Waals surface area contributed by atoms with E-state index in [4.69, 9.17) is 0 Å². The van der Waals surface area contributed by atoms with Crippen LogP contribution < -0.4 is 0 Å². The Morgan fingerprint density at radius 3 is 2.08 bits per heavy atom. The second kappa shape index (κ2) is 11.9. The van der Waals surface area contributed by atoms with Crippen LogP contribution in [0, 0.1) is 5.92 Å². The predicted octanol–water partition coefficient (Wildman–Crippen LogP) is 8.42. The van der Waals surface area contributed by atoms with Crippen LogP contribution in [0.15, 0.2) is 29.2 Å². The maximum Gasteiger partial charge on any atom is 0.288 e. The van der Waals surface area contributed by atoms with E-state index in [1.807, 2.05) is 12.1 Å². The van der Waals surface area contributed by atoms with Crippen molar-refractivity contribution in [2.24, 2.45) is 5.92 Å². The molecule has 1 aromatic rings. The quantitative estimate of drug-likeness (QED) is 0.279. The van der Waals surface area contributed by atoms with Gasteiger partial charge in [-0.3, -0.25) is 0 Å². The van der Waals surface area contributed by atoms with Gasteiger partial charge in [-0.15, -0.1) is 0 Å². The van der Waals surface area contributed by atoms with E-state index in [-0.39, 0.29) is 0 Å². The third kappa shape index (κ3) is 8.11. The number of benzene rings is 1. The lowest BCUT2D eigenvalue weighted by atomic mass is 9.77. The Labute approximate surface area is 157 Å². The van der Waals surface area contributed by atoms with Crippen LogP contribution in [0.4, 0.5) is 8.78 Å². The minimum absolute atomic E-state index is 0.635. The van der Waals surface area contributed by atoms with Crippen LogP contribution in [0.25, 0.3) is 0 Å². The third-order valence-corrected chi connectivity index (χ3v) is 6.36. The minimum atomic E-state index is -2.33. The van der Waals surface area contributed by atoms with E-state index in [0.717, 1.165) is 5.92 Å². The molecule has 0 N–H and O–H groups in total. The van der Waals surface area contributed by atoms with Gasteiger partial charge >= 0.3 is 0 Å². The molecule has 0 saturated heterocycles. The molecule has 1 aliphatic rings. The molecule has 3 heteroatoms. The van der Waals surface area contributed by atoms with Crippen molar-refractivity contribution < 1.29 is 8.78 Å². The van der Waals surface area contributed by atoms with Crippen molar-refractivity contribution in [1.82, 2.24) is 0 Å². The average molecular weight is 369 g/mol. The number of rotatable bonds is 11. The molecule has 1 aromatic carbocycles. The number of thioether (sulfide) groups is 1. The van der Waals surface area contributed by atoms with Crippen LogP contribution in [-0.2, 0) is 0 Å². The third-order valence-electron chi connectivity index (χ3n) is 5.64. The Balaban J connectivity index is 1.61. The van der Waals surface area contributed by atoms with Gasteiger partial charge in [0, 0.05) is 4.90 Å². The van der Waals surface area contributed by atoms with Crippen molar-refractivity contribution in [3.05, 3.63) is 29.8 Å². The van der Waals surface area contributed by atoms with Gasteiger partial charge in [0.1, 0.15) is 0 Å². The Morgan fingerprint density at radius 1 is 0.880 bits per heavy atom. The summed E-state index contributed by atoms with van der Waals surface area (Å²) < 4.78 is 24.8. The van der Waals surface area contributed by atoms with Crippen molar-refractivity contribution in [2.75, 3.05) is 0 Å². The van der Waals surface area contributed by atoms with Crippen LogP contribution in [0.2, 0.25) is 0 Å². The molecular weight excluding hydrogens is 334 g/mol. The highest BCUT2D eigenvalue weighted by atomic mass is 32.2. The van der Waals surface area contributed by atoms with Gasteiger partial charge in [0.05, 0.1) is 0 Å². The smallest absolute Gasteiger partial charge is 0.198 e. The molecule has 25 heavy (non-hydrogen) atoms. The van der Waals surface area contributed by atoms with Crippen LogP contribution in [0.1, 0.15) is 95.5 Å². The summed E-state index contributed by atoms with van der Waals surface area (Å²) in [4.78, 5) is 0.673. The van der Waals surface area contributed by atoms with Crippen molar-refractivity contribution in [3.8, 4) is 0 Å². The molecule has 1 aliphatic carbocycles. The zero-order valence-electron chi connectivity index (χ0n) is 15.7. The van der Waals surface area contributed by atoms with Crippen LogP contribution >= 0.6 is 11.8 Å². The molecule has 0 nitrogen and oxygen atoms in total. The van der Waals surface area contributed by atoms with E-state index < -0.39 is 5.76 Å². The molecule has 0 heterocycles. The molecule has 1 fully saturated rings. The molecule has 0 unspecified atom stereocenters. The Bertz CT molecular complexity index is 450. The van der Waals surface area contributed by atoms with Crippen molar-refractivity contribution in [1.29, 1.82) is 0 Å². The molecule has 0 aromatic heterocycles. The van der Waals surface area contributed by atoms with E-state index >= 15 is 0 Å². The van der Waals surface area contributed by atoms with Gasteiger partial charge in [-0.25, -0.2) is 0 Å². The summed E-state index contributed by atoms with van der Waals surface area (Å²) in [5.41, 5.74) is 1.34. The van der Waals surface area contributed by atoms with Gasteiger partial charge in [-0.2, -0.15) is 8.78 Å². The fourth-order valence-corrected chi connectivity index (χ4v) is 4.59. The molecule has 0 radical (unpaired) electrons. The molecule has 0 aliphatic heterocycles. The standard InChI is InChI=1S/C22H34F2S/c1-2-3-4-5-6-7-8-9-18-10-12-19(13-11-18)20-14-16-21(17-15-20)25-22(23)24/h14-19,22H,2-13H2,1H3. The van der Waals surface area contributed by atoms with Gasteiger partial charge in [0.15, 0.2) is 0 Å². The van der Waals surface area contributed by atoms with Crippen molar-refractivity contribution >= 4 is 11.8 Å². The first-order valence-corrected chi connectivity index (χ1v) is 11.1. The van der Waals surface area contributed by atoms with Crippen LogP contribution in [0.5, 0.6) is 0 Å². The number of hydrogen-bond donors (Lipinski definition) is 0. The van der Waals surface area contributed by atoms with Crippen LogP contribution in [0.3, 0.4) is 0 Å². The monoisotopic (exact) mass is 368 g/mol. The zero-order chi connectivity index (χ0) is 17.9. The number of hydrogen-bond acceptors (Lipinski definition) is 1. The Kier molecular flexibility index (Phi) is 9.90. The van der Waals surface area contributed by atoms with Gasteiger partial charge < -0.3 is 0 Å². The SMILES string of the molecule is CCCCCCCCCC1CCC(c2ccc(SC(F)F)cc2)CC1. The highest BCUT2D eigenvalue weighted by Gasteiger charge is 2.22. The summed E-state index contributed by atoms with van der Waals surface area (Å²) >= 11 is 0.638. The zero-order valence-corrected chi connectivity index (χ0v) is 16.5. The van der Waals surface area contributed by atoms with Crippen molar-refractivity contribution in [2.45, 2.75) is 101 Å². The maximum atomic E-state index is 12.4. The van der Waals surface area contributed by atoms with Gasteiger partial charge in [-0.05, 0) is 55.2 Å². The van der Waals surface area contributed by atoms with E-state index in [2.05, 4.69) is 19.1 Å². The summed E-state index contributed by atoms with van der Waals surface area (Å²) in [7, 11) is 0. The fraction of sp³-hybridized carbons (Fsp3) is 0.727. The second-order valence-electron chi connectivity index (χ2n) is 7.58. The first-order valence-electron chi connectivity index (χ1n) is 10.2. The first-order chi connectivity index (χ1) is 12.2. The van der Waals surface area contributed by atoms with Crippen molar-refractivity contribution in [3.63, 3.8) is 0 Å². The summed E-state index contributed by atoms with van der Waals surface area (Å²) in [6, 6.07) is 7.84. The number of unbranched alkanes of at least 4 members (excludes halogenated alkanes) is 6. The predicted molar refractivity (Wildman–Crippen MR) is 106 cm³/mol. The summed E-state index contributed by atoms with van der Waals surface area (Å²) in [5.74, 6) is -0.774. The molecule has 2 rings (SSSR count). The van der Waals surface area contributed by atoms with E-state index in [0.29, 0.717) is 22.6 Å². The Hall–Kier alpha value is -0.570. The van der Waals surface area contributed by atoms with Gasteiger partial charge in [0.25, 0.3) is 5.76 Å². The largest absolute Gasteiger partial charge is 0.288 e. The van der Waals surface area contributed by atoms with E-state index in [9.17, 15) is 8.78 Å². The molecule has 0 spiro atoms. The highest BCUT2D eigenvalue weighted by Crippen LogP contribution is 2.38. The molecule has 0 amide bonds. The first kappa shape index (κ1) is 20.7. The molecule has 0 atom stereocenters. The molecule has 1 saturated carbocycles. The van der Waals surface area contributed by atoms with Crippen LogP contribution in [-0.4, -0.2) is 5.76 Å². The maximum absolute atomic E-state index is 12.4. The van der Waals surface area contributed by atoms with Gasteiger partial charge in [0.2, 0.25) is 0 Å².